The standard InChI is InChI=1S/C25H24ClN3O/c26-24(29-9-11-30-12-10-29)14-19-7-4-8-23-25(19)22(17-28-23)21-13-20(15-27-16-21)18-5-2-1-3-6-18/h1-8,13,15-17,24,28H,9-12,14H2. The topological polar surface area (TPSA) is 41.2 Å². The first-order chi connectivity index (χ1) is 14.8. The normalized spacial score (nSPS) is 16.0. The average Bonchev–Trinajstić information content (AvgIpc) is 3.26. The van der Waals surface area contributed by atoms with Crippen LogP contribution in [0.1, 0.15) is 5.56 Å². The van der Waals surface area contributed by atoms with Gasteiger partial charge in [0.15, 0.2) is 0 Å². The summed E-state index contributed by atoms with van der Waals surface area (Å²) in [6, 6.07) is 19.0. The summed E-state index contributed by atoms with van der Waals surface area (Å²) in [6.45, 7) is 3.27. The van der Waals surface area contributed by atoms with Crippen molar-refractivity contribution in [2.45, 2.75) is 11.9 Å². The highest BCUT2D eigenvalue weighted by Gasteiger charge is 2.21. The number of alkyl halides is 1. The Kier molecular flexibility index (Phi) is 5.54. The van der Waals surface area contributed by atoms with Crippen LogP contribution in [0.3, 0.4) is 0 Å². The molecule has 5 heteroatoms. The Bertz CT molecular complexity index is 1140. The van der Waals surface area contributed by atoms with E-state index in [0.29, 0.717) is 0 Å². The van der Waals surface area contributed by atoms with E-state index in [1.54, 1.807) is 0 Å². The highest BCUT2D eigenvalue weighted by molar-refractivity contribution is 6.20. The number of hydrogen-bond acceptors (Lipinski definition) is 3. The van der Waals surface area contributed by atoms with Crippen LogP contribution < -0.4 is 0 Å². The third-order valence-corrected chi connectivity index (χ3v) is 6.21. The van der Waals surface area contributed by atoms with Gasteiger partial charge in [0, 0.05) is 65.7 Å². The molecule has 4 nitrogen and oxygen atoms in total. The summed E-state index contributed by atoms with van der Waals surface area (Å²) < 4.78 is 5.47. The largest absolute Gasteiger partial charge is 0.379 e. The zero-order valence-electron chi connectivity index (χ0n) is 16.7. The summed E-state index contributed by atoms with van der Waals surface area (Å²) in [5.41, 5.74) is 6.88. The first-order valence-electron chi connectivity index (χ1n) is 10.4. The molecule has 0 spiro atoms. The highest BCUT2D eigenvalue weighted by Crippen LogP contribution is 2.34. The Morgan fingerprint density at radius 3 is 2.60 bits per heavy atom. The van der Waals surface area contributed by atoms with Crippen LogP contribution in [0.15, 0.2) is 73.2 Å². The van der Waals surface area contributed by atoms with Crippen LogP contribution in [0.25, 0.3) is 33.2 Å². The van der Waals surface area contributed by atoms with Crippen LogP contribution >= 0.6 is 11.6 Å². The summed E-state index contributed by atoms with van der Waals surface area (Å²) in [4.78, 5) is 10.3. The molecule has 1 unspecified atom stereocenters. The monoisotopic (exact) mass is 417 g/mol. The number of aromatic amines is 1. The third-order valence-electron chi connectivity index (χ3n) is 5.78. The van der Waals surface area contributed by atoms with Crippen molar-refractivity contribution in [3.63, 3.8) is 0 Å². The molecular formula is C25H24ClN3O. The number of H-pyrrole nitrogens is 1. The molecule has 152 valence electrons. The molecule has 0 amide bonds. The van der Waals surface area contributed by atoms with Gasteiger partial charge in [-0.3, -0.25) is 9.88 Å². The molecule has 1 N–H and O–H groups in total. The predicted molar refractivity (Wildman–Crippen MR) is 123 cm³/mol. The minimum Gasteiger partial charge on any atom is -0.379 e. The van der Waals surface area contributed by atoms with Crippen molar-refractivity contribution in [3.05, 3.63) is 78.8 Å². The second-order valence-corrected chi connectivity index (χ2v) is 8.16. The van der Waals surface area contributed by atoms with E-state index in [-0.39, 0.29) is 5.50 Å². The molecule has 30 heavy (non-hydrogen) atoms. The lowest BCUT2D eigenvalue weighted by molar-refractivity contribution is 0.0314. The SMILES string of the molecule is ClC(Cc1cccc2[nH]cc(-c3cncc(-c4ccccc4)c3)c12)N1CCOCC1. The zero-order valence-corrected chi connectivity index (χ0v) is 17.5. The van der Waals surface area contributed by atoms with Gasteiger partial charge in [-0.2, -0.15) is 0 Å². The average molecular weight is 418 g/mol. The quantitative estimate of drug-likeness (QED) is 0.352. The van der Waals surface area contributed by atoms with Crippen molar-refractivity contribution < 1.29 is 4.74 Å². The van der Waals surface area contributed by atoms with Gasteiger partial charge in [0.25, 0.3) is 0 Å². The number of pyridine rings is 1. The maximum atomic E-state index is 6.81. The molecule has 2 aromatic carbocycles. The first-order valence-corrected chi connectivity index (χ1v) is 10.8. The lowest BCUT2D eigenvalue weighted by atomic mass is 9.97. The minimum absolute atomic E-state index is 0.0453. The molecule has 1 fully saturated rings. The van der Waals surface area contributed by atoms with Gasteiger partial charge in [-0.05, 0) is 23.3 Å². The van der Waals surface area contributed by atoms with E-state index in [2.05, 4.69) is 69.6 Å². The fraction of sp³-hybridized carbons (Fsp3) is 0.240. The van der Waals surface area contributed by atoms with E-state index in [4.69, 9.17) is 16.3 Å². The van der Waals surface area contributed by atoms with Gasteiger partial charge < -0.3 is 9.72 Å². The van der Waals surface area contributed by atoms with E-state index in [9.17, 15) is 0 Å². The predicted octanol–water partition coefficient (Wildman–Crippen LogP) is 5.34. The summed E-state index contributed by atoms with van der Waals surface area (Å²) in [5.74, 6) is 0. The van der Waals surface area contributed by atoms with Crippen molar-refractivity contribution in [1.82, 2.24) is 14.9 Å². The number of rotatable bonds is 5. The number of nitrogens with one attached hydrogen (secondary N) is 1. The van der Waals surface area contributed by atoms with Gasteiger partial charge in [0.2, 0.25) is 0 Å². The molecule has 5 rings (SSSR count). The lowest BCUT2D eigenvalue weighted by Crippen LogP contribution is -2.41. The third kappa shape index (κ3) is 3.86. The Morgan fingerprint density at radius 2 is 1.77 bits per heavy atom. The van der Waals surface area contributed by atoms with Gasteiger partial charge in [0.1, 0.15) is 0 Å². The Labute approximate surface area is 181 Å². The smallest absolute Gasteiger partial charge is 0.0892 e. The maximum absolute atomic E-state index is 6.81. The molecule has 3 heterocycles. The second kappa shape index (κ2) is 8.60. The first kappa shape index (κ1) is 19.3. The van der Waals surface area contributed by atoms with E-state index in [0.717, 1.165) is 54.9 Å². The van der Waals surface area contributed by atoms with Crippen LogP contribution in [0.4, 0.5) is 0 Å². The van der Waals surface area contributed by atoms with Gasteiger partial charge in [0.05, 0.1) is 18.7 Å². The van der Waals surface area contributed by atoms with Crippen LogP contribution in [0, 0.1) is 0 Å². The number of halogens is 1. The number of fused-ring (bicyclic) bond motifs is 1. The minimum atomic E-state index is -0.0453. The summed E-state index contributed by atoms with van der Waals surface area (Å²) >= 11 is 6.81. The van der Waals surface area contributed by atoms with Crippen LogP contribution in [0.2, 0.25) is 0 Å². The van der Waals surface area contributed by atoms with Crippen molar-refractivity contribution in [1.29, 1.82) is 0 Å². The number of nitrogens with zero attached hydrogens (tertiary/aromatic N) is 2. The summed E-state index contributed by atoms with van der Waals surface area (Å²) in [5, 5.41) is 1.23. The van der Waals surface area contributed by atoms with Crippen LogP contribution in [-0.2, 0) is 11.2 Å². The Balaban J connectivity index is 1.52. The number of benzene rings is 2. The van der Waals surface area contributed by atoms with Gasteiger partial charge in [-0.25, -0.2) is 0 Å². The molecule has 4 aromatic rings. The number of hydrogen-bond donors (Lipinski definition) is 1. The van der Waals surface area contributed by atoms with E-state index in [1.807, 2.05) is 18.5 Å². The molecule has 0 bridgehead atoms. The maximum Gasteiger partial charge on any atom is 0.0892 e. The Morgan fingerprint density at radius 1 is 0.967 bits per heavy atom. The van der Waals surface area contributed by atoms with Gasteiger partial charge >= 0.3 is 0 Å². The van der Waals surface area contributed by atoms with E-state index >= 15 is 0 Å². The fourth-order valence-electron chi connectivity index (χ4n) is 4.20. The molecule has 1 atom stereocenters. The summed E-state index contributed by atoms with van der Waals surface area (Å²) in [7, 11) is 0. The molecule has 1 aliphatic rings. The molecular weight excluding hydrogens is 394 g/mol. The van der Waals surface area contributed by atoms with E-state index < -0.39 is 0 Å². The fourth-order valence-corrected chi connectivity index (χ4v) is 4.56. The van der Waals surface area contributed by atoms with E-state index in [1.165, 1.54) is 16.5 Å². The molecule has 0 aliphatic carbocycles. The second-order valence-electron chi connectivity index (χ2n) is 7.66. The Hall–Kier alpha value is -2.66. The van der Waals surface area contributed by atoms with Gasteiger partial charge in [-0.15, -0.1) is 11.6 Å². The molecule has 2 aromatic heterocycles. The van der Waals surface area contributed by atoms with Crippen molar-refractivity contribution in [2.24, 2.45) is 0 Å². The molecule has 1 aliphatic heterocycles. The molecule has 1 saturated heterocycles. The molecule has 0 saturated carbocycles. The number of ether oxygens (including phenoxy) is 1. The number of morpholine rings is 1. The molecule has 0 radical (unpaired) electrons. The van der Waals surface area contributed by atoms with Crippen LogP contribution in [0.5, 0.6) is 0 Å². The highest BCUT2D eigenvalue weighted by atomic mass is 35.5. The van der Waals surface area contributed by atoms with Crippen molar-refractivity contribution in [3.8, 4) is 22.3 Å². The van der Waals surface area contributed by atoms with Crippen LogP contribution in [-0.4, -0.2) is 46.7 Å². The van der Waals surface area contributed by atoms with Crippen molar-refractivity contribution >= 4 is 22.5 Å². The summed E-state index contributed by atoms with van der Waals surface area (Å²) in [6.07, 6.45) is 6.72. The van der Waals surface area contributed by atoms with Crippen molar-refractivity contribution in [2.75, 3.05) is 26.3 Å². The lowest BCUT2D eigenvalue weighted by Gasteiger charge is -2.31. The number of aromatic nitrogens is 2. The zero-order chi connectivity index (χ0) is 20.3. The van der Waals surface area contributed by atoms with Gasteiger partial charge in [-0.1, -0.05) is 42.5 Å².